The van der Waals surface area contributed by atoms with E-state index in [1.54, 1.807) is 0 Å². The van der Waals surface area contributed by atoms with Gasteiger partial charge in [-0.15, -0.1) is 0 Å². The number of nitrogens with zero attached hydrogens (tertiary/aromatic N) is 1. The lowest BCUT2D eigenvalue weighted by Gasteiger charge is -2.23. The molecule has 0 aromatic carbocycles. The van der Waals surface area contributed by atoms with E-state index in [0.717, 1.165) is 25.8 Å². The molecule has 0 aromatic heterocycles. The normalized spacial score (nSPS) is 20.9. The first-order valence-electron chi connectivity index (χ1n) is 4.55. The van der Waals surface area contributed by atoms with E-state index in [2.05, 4.69) is 13.8 Å². The molecule has 1 saturated heterocycles. The monoisotopic (exact) mass is 155 g/mol. The van der Waals surface area contributed by atoms with Crippen molar-refractivity contribution in [3.05, 3.63) is 0 Å². The number of hydrogen-bond acceptors (Lipinski definition) is 1. The highest BCUT2D eigenvalue weighted by molar-refractivity contribution is 5.78. The van der Waals surface area contributed by atoms with Gasteiger partial charge in [0, 0.05) is 19.0 Å². The van der Waals surface area contributed by atoms with Gasteiger partial charge in [-0.2, -0.15) is 0 Å². The molecule has 0 radical (unpaired) electrons. The van der Waals surface area contributed by atoms with E-state index in [4.69, 9.17) is 0 Å². The molecule has 1 atom stereocenters. The summed E-state index contributed by atoms with van der Waals surface area (Å²) in [6.07, 6.45) is 4.15. The first-order chi connectivity index (χ1) is 5.25. The maximum atomic E-state index is 11.2. The minimum absolute atomic E-state index is 0.353. The van der Waals surface area contributed by atoms with Crippen LogP contribution in [0.3, 0.4) is 0 Å². The van der Waals surface area contributed by atoms with Crippen LogP contribution in [0.15, 0.2) is 0 Å². The molecule has 1 aliphatic rings. The summed E-state index contributed by atoms with van der Waals surface area (Å²) in [7, 11) is 0. The predicted octanol–water partition coefficient (Wildman–Crippen LogP) is 1.80. The highest BCUT2D eigenvalue weighted by atomic mass is 16.2. The summed E-state index contributed by atoms with van der Waals surface area (Å²) in [5.74, 6) is 0.353. The molecule has 1 rings (SSSR count). The zero-order chi connectivity index (χ0) is 8.27. The highest BCUT2D eigenvalue weighted by Gasteiger charge is 2.23. The average Bonchev–Trinajstić information content (AvgIpc) is 2.36. The molecule has 1 amide bonds. The number of carbonyl (C=O) groups excluding carboxylic acids is 1. The Hall–Kier alpha value is -0.530. The quantitative estimate of drug-likeness (QED) is 0.608. The van der Waals surface area contributed by atoms with Gasteiger partial charge in [-0.05, 0) is 19.8 Å². The molecule has 1 heterocycles. The van der Waals surface area contributed by atoms with E-state index < -0.39 is 0 Å². The van der Waals surface area contributed by atoms with Gasteiger partial charge in [-0.3, -0.25) is 4.79 Å². The van der Waals surface area contributed by atoms with Crippen LogP contribution in [0, 0.1) is 0 Å². The van der Waals surface area contributed by atoms with Gasteiger partial charge < -0.3 is 4.90 Å². The Morgan fingerprint density at radius 3 is 2.82 bits per heavy atom. The van der Waals surface area contributed by atoms with E-state index >= 15 is 0 Å². The highest BCUT2D eigenvalue weighted by Crippen LogP contribution is 2.15. The molecule has 0 spiro atoms. The fourth-order valence-corrected chi connectivity index (χ4v) is 1.71. The van der Waals surface area contributed by atoms with Crippen LogP contribution < -0.4 is 0 Å². The maximum Gasteiger partial charge on any atom is 0.222 e. The van der Waals surface area contributed by atoms with Crippen LogP contribution in [-0.4, -0.2) is 23.4 Å². The van der Waals surface area contributed by atoms with Gasteiger partial charge in [0.05, 0.1) is 0 Å². The predicted molar refractivity (Wildman–Crippen MR) is 45.3 cm³/mol. The molecule has 64 valence electrons. The Morgan fingerprint density at radius 1 is 1.64 bits per heavy atom. The zero-order valence-electron chi connectivity index (χ0n) is 7.47. The fraction of sp³-hybridized carbons (Fsp3) is 0.889. The number of likely N-dealkylation sites (tertiary alicyclic amines) is 1. The van der Waals surface area contributed by atoms with Crippen molar-refractivity contribution in [3.8, 4) is 0 Å². The molecule has 0 aromatic rings. The minimum Gasteiger partial charge on any atom is -0.340 e. The van der Waals surface area contributed by atoms with Gasteiger partial charge in [-0.1, -0.05) is 13.3 Å². The van der Waals surface area contributed by atoms with Crippen LogP contribution in [0.2, 0.25) is 0 Å². The third-order valence-electron chi connectivity index (χ3n) is 2.35. The summed E-state index contributed by atoms with van der Waals surface area (Å²) < 4.78 is 0. The van der Waals surface area contributed by atoms with Gasteiger partial charge >= 0.3 is 0 Å². The topological polar surface area (TPSA) is 20.3 Å². The molecular weight excluding hydrogens is 138 g/mol. The summed E-state index contributed by atoms with van der Waals surface area (Å²) in [6.45, 7) is 5.30. The molecule has 11 heavy (non-hydrogen) atoms. The number of amides is 1. The van der Waals surface area contributed by atoms with E-state index in [9.17, 15) is 4.79 Å². The van der Waals surface area contributed by atoms with E-state index in [0.29, 0.717) is 11.9 Å². The molecule has 1 aliphatic heterocycles. The molecule has 0 N–H and O–H groups in total. The third kappa shape index (κ3) is 1.95. The van der Waals surface area contributed by atoms with Crippen LogP contribution in [0.25, 0.3) is 0 Å². The lowest BCUT2D eigenvalue weighted by molar-refractivity contribution is -0.129. The van der Waals surface area contributed by atoms with Crippen molar-refractivity contribution in [1.29, 1.82) is 0 Å². The number of hydrogen-bond donors (Lipinski definition) is 0. The summed E-state index contributed by atoms with van der Waals surface area (Å²) in [5.41, 5.74) is 0. The first kappa shape index (κ1) is 8.57. The zero-order valence-corrected chi connectivity index (χ0v) is 7.47. The van der Waals surface area contributed by atoms with Crippen molar-refractivity contribution in [2.24, 2.45) is 0 Å². The van der Waals surface area contributed by atoms with Crippen LogP contribution in [0.1, 0.15) is 39.5 Å². The van der Waals surface area contributed by atoms with Gasteiger partial charge in [0.25, 0.3) is 0 Å². The van der Waals surface area contributed by atoms with Crippen molar-refractivity contribution in [2.45, 2.75) is 45.6 Å². The van der Waals surface area contributed by atoms with Gasteiger partial charge in [0.1, 0.15) is 0 Å². The van der Waals surface area contributed by atoms with Crippen LogP contribution >= 0.6 is 0 Å². The van der Waals surface area contributed by atoms with Crippen molar-refractivity contribution in [2.75, 3.05) is 6.54 Å². The molecule has 0 bridgehead atoms. The SMILES string of the molecule is CCCC(C)N1CCCC1=O. The van der Waals surface area contributed by atoms with Crippen molar-refractivity contribution < 1.29 is 4.79 Å². The average molecular weight is 155 g/mol. The summed E-state index contributed by atoms with van der Waals surface area (Å²) in [4.78, 5) is 13.2. The fourth-order valence-electron chi connectivity index (χ4n) is 1.71. The van der Waals surface area contributed by atoms with Crippen LogP contribution in [0.4, 0.5) is 0 Å². The van der Waals surface area contributed by atoms with Crippen LogP contribution in [0.5, 0.6) is 0 Å². The summed E-state index contributed by atoms with van der Waals surface area (Å²) >= 11 is 0. The Morgan fingerprint density at radius 2 is 2.36 bits per heavy atom. The summed E-state index contributed by atoms with van der Waals surface area (Å²) in [5, 5.41) is 0. The maximum absolute atomic E-state index is 11.2. The van der Waals surface area contributed by atoms with E-state index in [1.165, 1.54) is 6.42 Å². The largest absolute Gasteiger partial charge is 0.340 e. The smallest absolute Gasteiger partial charge is 0.222 e. The molecular formula is C9H17NO. The molecule has 1 fully saturated rings. The Balaban J connectivity index is 2.39. The lowest BCUT2D eigenvalue weighted by Crippen LogP contribution is -2.33. The van der Waals surface area contributed by atoms with E-state index in [1.807, 2.05) is 4.90 Å². The second-order valence-corrected chi connectivity index (χ2v) is 3.33. The third-order valence-corrected chi connectivity index (χ3v) is 2.35. The minimum atomic E-state index is 0.353. The molecule has 1 unspecified atom stereocenters. The lowest BCUT2D eigenvalue weighted by atomic mass is 10.2. The molecule has 0 aliphatic carbocycles. The standard InChI is InChI=1S/C9H17NO/c1-3-5-8(2)10-7-4-6-9(10)11/h8H,3-7H2,1-2H3. The Bertz CT molecular complexity index is 144. The van der Waals surface area contributed by atoms with Crippen LogP contribution in [-0.2, 0) is 4.79 Å². The number of rotatable bonds is 3. The molecule has 2 heteroatoms. The van der Waals surface area contributed by atoms with Gasteiger partial charge in [-0.25, -0.2) is 0 Å². The number of carbonyl (C=O) groups is 1. The second kappa shape index (κ2) is 3.74. The summed E-state index contributed by atoms with van der Waals surface area (Å²) in [6, 6.07) is 0.468. The molecule has 0 saturated carbocycles. The van der Waals surface area contributed by atoms with Gasteiger partial charge in [0.15, 0.2) is 0 Å². The van der Waals surface area contributed by atoms with Gasteiger partial charge in [0.2, 0.25) is 5.91 Å². The second-order valence-electron chi connectivity index (χ2n) is 3.33. The van der Waals surface area contributed by atoms with Crippen molar-refractivity contribution >= 4 is 5.91 Å². The van der Waals surface area contributed by atoms with E-state index in [-0.39, 0.29) is 0 Å². The van der Waals surface area contributed by atoms with Crippen molar-refractivity contribution in [3.63, 3.8) is 0 Å². The van der Waals surface area contributed by atoms with Crippen molar-refractivity contribution in [1.82, 2.24) is 4.90 Å². The Kier molecular flexibility index (Phi) is 2.92. The Labute approximate surface area is 68.6 Å². The first-order valence-corrected chi connectivity index (χ1v) is 4.55. The molecule has 2 nitrogen and oxygen atoms in total.